The number of oxazole rings is 1. The van der Waals surface area contributed by atoms with Gasteiger partial charge in [-0.25, -0.2) is 4.98 Å². The molecular formula is C20H18ClN3O3. The summed E-state index contributed by atoms with van der Waals surface area (Å²) >= 11 is 6.37. The second-order valence-electron chi connectivity index (χ2n) is 6.92. The highest BCUT2D eigenvalue weighted by atomic mass is 35.5. The smallest absolute Gasteiger partial charge is 0.228 e. The van der Waals surface area contributed by atoms with Gasteiger partial charge in [-0.2, -0.15) is 0 Å². The second kappa shape index (κ2) is 6.39. The molecule has 1 aromatic heterocycles. The standard InChI is InChI=1S/C20H18ClN3O3/c1-10-5-11(2)18-16(6-10)23-20(27-18)14-8-13(3-4-15(14)21)24-9-12(19(22)26)7-17(24)25/h3-6,8,12H,7,9H2,1-2H3,(H2,22,26). The van der Waals surface area contributed by atoms with Crippen molar-refractivity contribution in [2.75, 3.05) is 11.4 Å². The van der Waals surface area contributed by atoms with E-state index in [1.54, 1.807) is 23.1 Å². The average molecular weight is 384 g/mol. The largest absolute Gasteiger partial charge is 0.436 e. The SMILES string of the molecule is Cc1cc(C)c2oc(-c3cc(N4CC(C(N)=O)CC4=O)ccc3Cl)nc2c1. The fraction of sp³-hybridized carbons (Fsp3) is 0.250. The first kappa shape index (κ1) is 17.5. The fourth-order valence-corrected chi connectivity index (χ4v) is 3.68. The summed E-state index contributed by atoms with van der Waals surface area (Å²) in [7, 11) is 0. The lowest BCUT2D eigenvalue weighted by Gasteiger charge is -2.17. The quantitative estimate of drug-likeness (QED) is 0.748. The molecule has 1 fully saturated rings. The number of fused-ring (bicyclic) bond motifs is 1. The number of carbonyl (C=O) groups excluding carboxylic acids is 2. The number of nitrogens with zero attached hydrogens (tertiary/aromatic N) is 2. The van der Waals surface area contributed by atoms with E-state index in [0.29, 0.717) is 27.7 Å². The summed E-state index contributed by atoms with van der Waals surface area (Å²) in [4.78, 5) is 29.8. The van der Waals surface area contributed by atoms with Crippen LogP contribution >= 0.6 is 11.6 Å². The van der Waals surface area contributed by atoms with Crippen molar-refractivity contribution < 1.29 is 14.0 Å². The van der Waals surface area contributed by atoms with E-state index in [2.05, 4.69) is 4.98 Å². The third kappa shape index (κ3) is 3.06. The van der Waals surface area contributed by atoms with Gasteiger partial charge in [-0.3, -0.25) is 9.59 Å². The number of halogens is 1. The van der Waals surface area contributed by atoms with Crippen LogP contribution in [0.5, 0.6) is 0 Å². The monoisotopic (exact) mass is 383 g/mol. The van der Waals surface area contributed by atoms with Crippen LogP contribution < -0.4 is 10.6 Å². The molecule has 1 atom stereocenters. The molecule has 4 rings (SSSR count). The zero-order valence-electron chi connectivity index (χ0n) is 15.0. The molecular weight excluding hydrogens is 366 g/mol. The van der Waals surface area contributed by atoms with Crippen molar-refractivity contribution in [2.45, 2.75) is 20.3 Å². The Morgan fingerprint density at radius 2 is 2.07 bits per heavy atom. The van der Waals surface area contributed by atoms with Crippen LogP contribution in [0.15, 0.2) is 34.7 Å². The molecule has 0 saturated carbocycles. The van der Waals surface area contributed by atoms with E-state index in [4.69, 9.17) is 21.8 Å². The summed E-state index contributed by atoms with van der Waals surface area (Å²) < 4.78 is 5.95. The maximum absolute atomic E-state index is 12.3. The maximum atomic E-state index is 12.3. The Morgan fingerprint density at radius 1 is 1.30 bits per heavy atom. The summed E-state index contributed by atoms with van der Waals surface area (Å²) in [5, 5.41) is 0.470. The Labute approximate surface area is 160 Å². The van der Waals surface area contributed by atoms with Crippen molar-refractivity contribution >= 4 is 40.2 Å². The van der Waals surface area contributed by atoms with E-state index < -0.39 is 11.8 Å². The van der Waals surface area contributed by atoms with Gasteiger partial charge in [0.05, 0.1) is 16.5 Å². The van der Waals surface area contributed by atoms with Crippen LogP contribution in [-0.2, 0) is 9.59 Å². The van der Waals surface area contributed by atoms with Crippen LogP contribution in [0.25, 0.3) is 22.6 Å². The zero-order valence-corrected chi connectivity index (χ0v) is 15.7. The van der Waals surface area contributed by atoms with Gasteiger partial charge >= 0.3 is 0 Å². The highest BCUT2D eigenvalue weighted by Gasteiger charge is 2.34. The molecule has 2 amide bonds. The predicted molar refractivity (Wildman–Crippen MR) is 104 cm³/mol. The molecule has 3 aromatic rings. The number of primary amides is 1. The Balaban J connectivity index is 1.77. The highest BCUT2D eigenvalue weighted by molar-refractivity contribution is 6.33. The number of rotatable bonds is 3. The number of aryl methyl sites for hydroxylation is 2. The third-order valence-corrected chi connectivity index (χ3v) is 5.17. The lowest BCUT2D eigenvalue weighted by atomic mass is 10.1. The maximum Gasteiger partial charge on any atom is 0.228 e. The van der Waals surface area contributed by atoms with Gasteiger partial charge in [0.2, 0.25) is 17.7 Å². The topological polar surface area (TPSA) is 89.4 Å². The van der Waals surface area contributed by atoms with Crippen molar-refractivity contribution in [3.05, 3.63) is 46.5 Å². The summed E-state index contributed by atoms with van der Waals surface area (Å²) in [5.41, 5.74) is 10.1. The van der Waals surface area contributed by atoms with Crippen LogP contribution in [0.2, 0.25) is 5.02 Å². The van der Waals surface area contributed by atoms with Gasteiger partial charge in [0.25, 0.3) is 0 Å². The molecule has 0 aliphatic carbocycles. The molecule has 0 bridgehead atoms. The van der Waals surface area contributed by atoms with Crippen molar-refractivity contribution in [1.82, 2.24) is 4.98 Å². The van der Waals surface area contributed by atoms with Crippen molar-refractivity contribution in [3.63, 3.8) is 0 Å². The summed E-state index contributed by atoms with van der Waals surface area (Å²) in [6.07, 6.45) is 0.120. The van der Waals surface area contributed by atoms with Crippen molar-refractivity contribution in [2.24, 2.45) is 11.7 Å². The minimum absolute atomic E-state index is 0.120. The zero-order chi connectivity index (χ0) is 19.3. The van der Waals surface area contributed by atoms with Gasteiger partial charge in [0.1, 0.15) is 5.52 Å². The molecule has 2 aromatic carbocycles. The van der Waals surface area contributed by atoms with Gasteiger partial charge in [0.15, 0.2) is 5.58 Å². The summed E-state index contributed by atoms with van der Waals surface area (Å²) in [6, 6.07) is 9.18. The van der Waals surface area contributed by atoms with Gasteiger partial charge in [-0.15, -0.1) is 0 Å². The average Bonchev–Trinajstić information content (AvgIpc) is 3.19. The Hall–Kier alpha value is -2.86. The minimum Gasteiger partial charge on any atom is -0.436 e. The van der Waals surface area contributed by atoms with Crippen LogP contribution in [0.3, 0.4) is 0 Å². The van der Waals surface area contributed by atoms with Gasteiger partial charge in [-0.05, 0) is 49.2 Å². The molecule has 138 valence electrons. The van der Waals surface area contributed by atoms with E-state index in [9.17, 15) is 9.59 Å². The number of carbonyl (C=O) groups is 2. The van der Waals surface area contributed by atoms with Crippen LogP contribution in [0.4, 0.5) is 5.69 Å². The summed E-state index contributed by atoms with van der Waals surface area (Å²) in [5.74, 6) is -0.698. The molecule has 1 unspecified atom stereocenters. The predicted octanol–water partition coefficient (Wildman–Crippen LogP) is 3.60. The number of amides is 2. The van der Waals surface area contributed by atoms with E-state index in [1.165, 1.54) is 0 Å². The normalized spacial score (nSPS) is 17.1. The molecule has 1 saturated heterocycles. The number of nitrogens with two attached hydrogens (primary N) is 1. The van der Waals surface area contributed by atoms with E-state index in [-0.39, 0.29) is 18.9 Å². The molecule has 0 spiro atoms. The van der Waals surface area contributed by atoms with Gasteiger partial charge in [0, 0.05) is 18.7 Å². The number of benzene rings is 2. The lowest BCUT2D eigenvalue weighted by molar-refractivity contribution is -0.123. The third-order valence-electron chi connectivity index (χ3n) is 4.84. The molecule has 1 aliphatic heterocycles. The minimum atomic E-state index is -0.480. The van der Waals surface area contributed by atoms with E-state index >= 15 is 0 Å². The molecule has 1 aliphatic rings. The van der Waals surface area contributed by atoms with Crippen LogP contribution in [0, 0.1) is 19.8 Å². The molecule has 2 heterocycles. The molecule has 6 nitrogen and oxygen atoms in total. The first-order chi connectivity index (χ1) is 12.8. The lowest BCUT2D eigenvalue weighted by Crippen LogP contribution is -2.28. The summed E-state index contributed by atoms with van der Waals surface area (Å²) in [6.45, 7) is 4.23. The van der Waals surface area contributed by atoms with Crippen LogP contribution in [0.1, 0.15) is 17.5 Å². The molecule has 7 heteroatoms. The number of anilines is 1. The molecule has 2 N–H and O–H groups in total. The van der Waals surface area contributed by atoms with E-state index in [0.717, 1.165) is 16.6 Å². The van der Waals surface area contributed by atoms with Crippen molar-refractivity contribution in [3.8, 4) is 11.5 Å². The Kier molecular flexibility index (Phi) is 4.15. The fourth-order valence-electron chi connectivity index (χ4n) is 3.48. The Morgan fingerprint density at radius 3 is 2.78 bits per heavy atom. The first-order valence-corrected chi connectivity index (χ1v) is 8.98. The van der Waals surface area contributed by atoms with Crippen molar-refractivity contribution in [1.29, 1.82) is 0 Å². The molecule has 0 radical (unpaired) electrons. The highest BCUT2D eigenvalue weighted by Crippen LogP contribution is 2.35. The van der Waals surface area contributed by atoms with Crippen LogP contribution in [-0.4, -0.2) is 23.3 Å². The number of hydrogen-bond acceptors (Lipinski definition) is 4. The second-order valence-corrected chi connectivity index (χ2v) is 7.33. The Bertz CT molecular complexity index is 1090. The number of hydrogen-bond donors (Lipinski definition) is 1. The first-order valence-electron chi connectivity index (χ1n) is 8.61. The molecule has 27 heavy (non-hydrogen) atoms. The van der Waals surface area contributed by atoms with Gasteiger partial charge < -0.3 is 15.1 Å². The van der Waals surface area contributed by atoms with Gasteiger partial charge in [-0.1, -0.05) is 17.7 Å². The number of aromatic nitrogens is 1. The van der Waals surface area contributed by atoms with E-state index in [1.807, 2.05) is 26.0 Å².